The van der Waals surface area contributed by atoms with E-state index >= 15 is 0 Å². The molecule has 2 aliphatic heterocycles. The van der Waals surface area contributed by atoms with Gasteiger partial charge in [0, 0.05) is 0 Å². The number of benzene rings is 1. The molecule has 1 aromatic carbocycles. The SMILES string of the molecule is COc1ccc(CN2C(=O)C3CCCNC3C2=O)cc1. The molecule has 2 aliphatic rings. The minimum Gasteiger partial charge on any atom is -0.497 e. The summed E-state index contributed by atoms with van der Waals surface area (Å²) in [5.41, 5.74) is 0.936. The molecule has 2 heterocycles. The summed E-state index contributed by atoms with van der Waals surface area (Å²) in [5.74, 6) is 0.469. The first-order valence-electron chi connectivity index (χ1n) is 6.92. The van der Waals surface area contributed by atoms with Crippen LogP contribution in [0, 0.1) is 5.92 Å². The molecule has 0 aliphatic carbocycles. The molecule has 20 heavy (non-hydrogen) atoms. The normalized spacial score (nSPS) is 25.8. The Kier molecular flexibility index (Phi) is 3.44. The Labute approximate surface area is 117 Å². The summed E-state index contributed by atoms with van der Waals surface area (Å²) in [6.07, 6.45) is 1.76. The minimum absolute atomic E-state index is 0.0389. The van der Waals surface area contributed by atoms with E-state index in [1.807, 2.05) is 24.3 Å². The van der Waals surface area contributed by atoms with Gasteiger partial charge in [0.1, 0.15) is 5.75 Å². The van der Waals surface area contributed by atoms with Gasteiger partial charge in [0.2, 0.25) is 11.8 Å². The first-order valence-corrected chi connectivity index (χ1v) is 6.92. The van der Waals surface area contributed by atoms with E-state index in [9.17, 15) is 9.59 Å². The molecule has 1 aromatic rings. The highest BCUT2D eigenvalue weighted by Crippen LogP contribution is 2.28. The lowest BCUT2D eigenvalue weighted by Crippen LogP contribution is -2.44. The van der Waals surface area contributed by atoms with Crippen LogP contribution in [0.15, 0.2) is 24.3 Å². The highest BCUT2D eigenvalue weighted by atomic mass is 16.5. The second kappa shape index (κ2) is 5.25. The number of piperidine rings is 1. The largest absolute Gasteiger partial charge is 0.497 e. The zero-order valence-corrected chi connectivity index (χ0v) is 11.5. The molecule has 2 fully saturated rings. The van der Waals surface area contributed by atoms with Gasteiger partial charge in [-0.15, -0.1) is 0 Å². The second-order valence-corrected chi connectivity index (χ2v) is 5.29. The van der Waals surface area contributed by atoms with E-state index < -0.39 is 0 Å². The van der Waals surface area contributed by atoms with Crippen LogP contribution < -0.4 is 10.1 Å². The Hall–Kier alpha value is -1.88. The van der Waals surface area contributed by atoms with Gasteiger partial charge in [-0.25, -0.2) is 0 Å². The number of likely N-dealkylation sites (tertiary alicyclic amines) is 1. The average Bonchev–Trinajstić information content (AvgIpc) is 2.74. The maximum absolute atomic E-state index is 12.3. The third kappa shape index (κ3) is 2.18. The molecule has 2 amide bonds. The lowest BCUT2D eigenvalue weighted by Gasteiger charge is -2.21. The van der Waals surface area contributed by atoms with Gasteiger partial charge in [0.25, 0.3) is 0 Å². The van der Waals surface area contributed by atoms with Crippen LogP contribution >= 0.6 is 0 Å². The molecule has 0 spiro atoms. The van der Waals surface area contributed by atoms with Crippen molar-refractivity contribution in [1.82, 2.24) is 10.2 Å². The van der Waals surface area contributed by atoms with E-state index in [1.165, 1.54) is 4.90 Å². The fourth-order valence-electron chi connectivity index (χ4n) is 2.96. The Morgan fingerprint density at radius 2 is 2.00 bits per heavy atom. The van der Waals surface area contributed by atoms with E-state index in [-0.39, 0.29) is 23.8 Å². The lowest BCUT2D eigenvalue weighted by atomic mass is 9.93. The molecule has 0 saturated carbocycles. The number of hydrogen-bond acceptors (Lipinski definition) is 4. The van der Waals surface area contributed by atoms with Crippen molar-refractivity contribution in [3.05, 3.63) is 29.8 Å². The fourth-order valence-corrected chi connectivity index (χ4v) is 2.96. The Balaban J connectivity index is 1.76. The number of imide groups is 1. The molecule has 2 unspecified atom stereocenters. The van der Waals surface area contributed by atoms with Crippen LogP contribution in [0.2, 0.25) is 0 Å². The predicted molar refractivity (Wildman–Crippen MR) is 73.1 cm³/mol. The topological polar surface area (TPSA) is 58.6 Å². The molecule has 2 atom stereocenters. The standard InChI is InChI=1S/C15H18N2O3/c1-20-11-6-4-10(5-7-11)9-17-14(18)12-3-2-8-16-13(12)15(17)19/h4-7,12-13,16H,2-3,8-9H2,1H3. The Bertz CT molecular complexity index is 502. The number of ether oxygens (including phenoxy) is 1. The molecule has 0 aromatic heterocycles. The van der Waals surface area contributed by atoms with Crippen molar-refractivity contribution in [2.75, 3.05) is 13.7 Å². The van der Waals surface area contributed by atoms with Gasteiger partial charge in [0.05, 0.1) is 25.6 Å². The smallest absolute Gasteiger partial charge is 0.247 e. The highest BCUT2D eigenvalue weighted by Gasteiger charge is 2.48. The monoisotopic (exact) mass is 274 g/mol. The Morgan fingerprint density at radius 1 is 1.25 bits per heavy atom. The number of nitrogens with zero attached hydrogens (tertiary/aromatic N) is 1. The second-order valence-electron chi connectivity index (χ2n) is 5.29. The Morgan fingerprint density at radius 3 is 2.65 bits per heavy atom. The molecular weight excluding hydrogens is 256 g/mol. The van der Waals surface area contributed by atoms with E-state index in [2.05, 4.69) is 5.32 Å². The van der Waals surface area contributed by atoms with Crippen LogP contribution in [0.4, 0.5) is 0 Å². The molecule has 1 N–H and O–H groups in total. The van der Waals surface area contributed by atoms with E-state index in [1.54, 1.807) is 7.11 Å². The summed E-state index contributed by atoms with van der Waals surface area (Å²) in [6.45, 7) is 1.16. The molecule has 2 saturated heterocycles. The summed E-state index contributed by atoms with van der Waals surface area (Å²) in [4.78, 5) is 26.0. The molecule has 106 valence electrons. The zero-order chi connectivity index (χ0) is 14.1. The third-order valence-corrected chi connectivity index (χ3v) is 4.07. The van der Waals surface area contributed by atoms with E-state index in [0.29, 0.717) is 6.54 Å². The maximum atomic E-state index is 12.3. The van der Waals surface area contributed by atoms with Gasteiger partial charge in [-0.3, -0.25) is 14.5 Å². The summed E-state index contributed by atoms with van der Waals surface area (Å²) < 4.78 is 5.10. The number of nitrogens with one attached hydrogen (secondary N) is 1. The number of fused-ring (bicyclic) bond motifs is 1. The molecule has 5 nitrogen and oxygen atoms in total. The van der Waals surface area contributed by atoms with Crippen molar-refractivity contribution in [3.8, 4) is 5.75 Å². The molecular formula is C15H18N2O3. The van der Waals surface area contributed by atoms with Crippen LogP contribution in [-0.2, 0) is 16.1 Å². The number of rotatable bonds is 3. The van der Waals surface area contributed by atoms with E-state index in [4.69, 9.17) is 4.74 Å². The van der Waals surface area contributed by atoms with Crippen molar-refractivity contribution in [3.63, 3.8) is 0 Å². The molecule has 0 radical (unpaired) electrons. The van der Waals surface area contributed by atoms with Crippen LogP contribution in [0.1, 0.15) is 18.4 Å². The van der Waals surface area contributed by atoms with Crippen molar-refractivity contribution >= 4 is 11.8 Å². The zero-order valence-electron chi connectivity index (χ0n) is 11.5. The van der Waals surface area contributed by atoms with Crippen molar-refractivity contribution in [2.45, 2.75) is 25.4 Å². The van der Waals surface area contributed by atoms with Gasteiger partial charge in [0.15, 0.2) is 0 Å². The van der Waals surface area contributed by atoms with Crippen LogP contribution in [0.3, 0.4) is 0 Å². The number of methoxy groups -OCH3 is 1. The highest BCUT2D eigenvalue weighted by molar-refractivity contribution is 6.07. The third-order valence-electron chi connectivity index (χ3n) is 4.07. The first-order chi connectivity index (χ1) is 9.70. The first kappa shape index (κ1) is 13.1. The van der Waals surface area contributed by atoms with Crippen molar-refractivity contribution in [1.29, 1.82) is 0 Å². The van der Waals surface area contributed by atoms with Crippen molar-refractivity contribution in [2.24, 2.45) is 5.92 Å². The molecule has 5 heteroatoms. The van der Waals surface area contributed by atoms with Gasteiger partial charge < -0.3 is 10.1 Å². The lowest BCUT2D eigenvalue weighted by molar-refractivity contribution is -0.140. The van der Waals surface area contributed by atoms with Gasteiger partial charge in [-0.1, -0.05) is 12.1 Å². The van der Waals surface area contributed by atoms with E-state index in [0.717, 1.165) is 30.7 Å². The summed E-state index contributed by atoms with van der Waals surface area (Å²) >= 11 is 0. The number of hydrogen-bond donors (Lipinski definition) is 1. The average molecular weight is 274 g/mol. The predicted octanol–water partition coefficient (Wildman–Crippen LogP) is 0.932. The number of amides is 2. The van der Waals surface area contributed by atoms with Gasteiger partial charge >= 0.3 is 0 Å². The fraction of sp³-hybridized carbons (Fsp3) is 0.467. The van der Waals surface area contributed by atoms with Gasteiger partial charge in [-0.2, -0.15) is 0 Å². The molecule has 0 bridgehead atoms. The summed E-state index contributed by atoms with van der Waals surface area (Å²) in [6, 6.07) is 7.13. The maximum Gasteiger partial charge on any atom is 0.247 e. The van der Waals surface area contributed by atoms with Crippen LogP contribution in [-0.4, -0.2) is 36.4 Å². The quantitative estimate of drug-likeness (QED) is 0.833. The minimum atomic E-state index is -0.311. The van der Waals surface area contributed by atoms with Gasteiger partial charge in [-0.05, 0) is 37.1 Å². The summed E-state index contributed by atoms with van der Waals surface area (Å²) in [7, 11) is 1.61. The number of carbonyl (C=O) groups is 2. The van der Waals surface area contributed by atoms with Crippen LogP contribution in [0.5, 0.6) is 5.75 Å². The molecule has 3 rings (SSSR count). The summed E-state index contributed by atoms with van der Waals surface area (Å²) in [5, 5.41) is 3.16. The van der Waals surface area contributed by atoms with Crippen molar-refractivity contribution < 1.29 is 14.3 Å². The van der Waals surface area contributed by atoms with Crippen LogP contribution in [0.25, 0.3) is 0 Å². The number of carbonyl (C=O) groups excluding carboxylic acids is 2.